The van der Waals surface area contributed by atoms with Crippen molar-refractivity contribution in [1.29, 1.82) is 0 Å². The molecule has 0 aliphatic rings. The number of nitrogens with zero attached hydrogens (tertiary/aromatic N) is 1. The second kappa shape index (κ2) is 13.8. The van der Waals surface area contributed by atoms with E-state index in [4.69, 9.17) is 9.47 Å². The molecule has 0 unspecified atom stereocenters. The lowest BCUT2D eigenvalue weighted by Crippen LogP contribution is -2.52. The molecule has 0 aromatic heterocycles. The van der Waals surface area contributed by atoms with Gasteiger partial charge in [-0.25, -0.2) is 0 Å². The van der Waals surface area contributed by atoms with Gasteiger partial charge in [0.2, 0.25) is 5.91 Å². The van der Waals surface area contributed by atoms with E-state index >= 15 is 0 Å². The summed E-state index contributed by atoms with van der Waals surface area (Å²) >= 11 is 3.54. The Morgan fingerprint density at radius 1 is 0.946 bits per heavy atom. The minimum atomic E-state index is -0.724. The van der Waals surface area contributed by atoms with Crippen molar-refractivity contribution in [2.75, 3.05) is 13.7 Å². The third kappa shape index (κ3) is 8.35. The number of hydrogen-bond donors (Lipinski definition) is 1. The Kier molecular flexibility index (Phi) is 10.6. The van der Waals surface area contributed by atoms with E-state index in [-0.39, 0.29) is 31.0 Å². The number of ether oxygens (including phenoxy) is 2. The first-order valence-electron chi connectivity index (χ1n) is 12.5. The molecule has 0 aliphatic heterocycles. The van der Waals surface area contributed by atoms with Crippen LogP contribution in [-0.2, 0) is 29.0 Å². The number of rotatable bonds is 12. The predicted molar refractivity (Wildman–Crippen MR) is 150 cm³/mol. The molecule has 6 nitrogen and oxygen atoms in total. The number of halogens is 1. The SMILES string of the molecule is CCc1ccc(OCC(=O)N(Cc2cccc(OC)c2)[C@@H](Cc2ccccc2)C(=O)NC(C)C)c(Br)c1. The first-order chi connectivity index (χ1) is 17.8. The molecule has 0 saturated heterocycles. The maximum atomic E-state index is 13.7. The molecule has 0 bridgehead atoms. The van der Waals surface area contributed by atoms with Crippen LogP contribution in [0.3, 0.4) is 0 Å². The number of benzene rings is 3. The van der Waals surface area contributed by atoms with Gasteiger partial charge in [0.1, 0.15) is 17.5 Å². The zero-order valence-electron chi connectivity index (χ0n) is 21.9. The normalized spacial score (nSPS) is 11.6. The molecule has 196 valence electrons. The van der Waals surface area contributed by atoms with Crippen molar-refractivity contribution in [3.63, 3.8) is 0 Å². The Balaban J connectivity index is 1.92. The monoisotopic (exact) mass is 566 g/mol. The van der Waals surface area contributed by atoms with Crippen molar-refractivity contribution < 1.29 is 19.1 Å². The van der Waals surface area contributed by atoms with E-state index in [9.17, 15) is 9.59 Å². The molecular weight excluding hydrogens is 532 g/mol. The fourth-order valence-electron chi connectivity index (χ4n) is 4.01. The Morgan fingerprint density at radius 3 is 2.32 bits per heavy atom. The van der Waals surface area contributed by atoms with Crippen LogP contribution in [0.4, 0.5) is 0 Å². The molecule has 0 spiro atoms. The van der Waals surface area contributed by atoms with Gasteiger partial charge < -0.3 is 19.7 Å². The topological polar surface area (TPSA) is 67.9 Å². The average molecular weight is 568 g/mol. The number of aryl methyl sites for hydroxylation is 1. The van der Waals surface area contributed by atoms with E-state index in [1.807, 2.05) is 86.6 Å². The standard InChI is InChI=1S/C30H35BrN2O4/c1-5-22-14-15-28(26(31)17-22)37-20-29(34)33(19-24-12-9-13-25(16-24)36-4)27(30(35)32-21(2)3)18-23-10-7-6-8-11-23/h6-17,21,27H,5,18-20H2,1-4H3,(H,32,35)/t27-/m0/s1. The highest BCUT2D eigenvalue weighted by molar-refractivity contribution is 9.10. The van der Waals surface area contributed by atoms with Crippen LogP contribution in [0.1, 0.15) is 37.5 Å². The van der Waals surface area contributed by atoms with Crippen LogP contribution >= 0.6 is 15.9 Å². The first kappa shape index (κ1) is 28.3. The van der Waals surface area contributed by atoms with Crippen LogP contribution in [0, 0.1) is 0 Å². The number of amides is 2. The van der Waals surface area contributed by atoms with Gasteiger partial charge in [-0.3, -0.25) is 9.59 Å². The van der Waals surface area contributed by atoms with E-state index in [1.165, 1.54) is 5.56 Å². The van der Waals surface area contributed by atoms with Gasteiger partial charge in [0.05, 0.1) is 11.6 Å². The second-order valence-corrected chi connectivity index (χ2v) is 10.0. The van der Waals surface area contributed by atoms with E-state index in [0.29, 0.717) is 17.9 Å². The van der Waals surface area contributed by atoms with Gasteiger partial charge in [0.25, 0.3) is 5.91 Å². The number of hydrogen-bond acceptors (Lipinski definition) is 4. The van der Waals surface area contributed by atoms with Crippen molar-refractivity contribution in [2.24, 2.45) is 0 Å². The molecule has 1 N–H and O–H groups in total. The van der Waals surface area contributed by atoms with Gasteiger partial charge in [-0.1, -0.05) is 55.5 Å². The van der Waals surface area contributed by atoms with Crippen molar-refractivity contribution in [2.45, 2.75) is 52.2 Å². The molecule has 0 fully saturated rings. The van der Waals surface area contributed by atoms with Crippen molar-refractivity contribution in [3.05, 3.63) is 94.0 Å². The maximum Gasteiger partial charge on any atom is 0.261 e. The summed E-state index contributed by atoms with van der Waals surface area (Å²) in [6.07, 6.45) is 1.28. The number of methoxy groups -OCH3 is 1. The maximum absolute atomic E-state index is 13.7. The Hall–Kier alpha value is -3.32. The summed E-state index contributed by atoms with van der Waals surface area (Å²) in [6.45, 7) is 5.93. The third-order valence-corrected chi connectivity index (χ3v) is 6.56. The summed E-state index contributed by atoms with van der Waals surface area (Å²) in [6, 6.07) is 22.3. The highest BCUT2D eigenvalue weighted by Crippen LogP contribution is 2.27. The minimum Gasteiger partial charge on any atom is -0.497 e. The fraction of sp³-hybridized carbons (Fsp3) is 0.333. The molecule has 3 aromatic carbocycles. The zero-order chi connectivity index (χ0) is 26.8. The Bertz CT molecular complexity index is 1180. The fourth-order valence-corrected chi connectivity index (χ4v) is 4.55. The van der Waals surface area contributed by atoms with Gasteiger partial charge in [0, 0.05) is 19.0 Å². The van der Waals surface area contributed by atoms with Crippen LogP contribution < -0.4 is 14.8 Å². The van der Waals surface area contributed by atoms with Crippen LogP contribution in [0.25, 0.3) is 0 Å². The number of carbonyl (C=O) groups is 2. The van der Waals surface area contributed by atoms with Crippen molar-refractivity contribution in [1.82, 2.24) is 10.2 Å². The van der Waals surface area contributed by atoms with Crippen LogP contribution in [0.15, 0.2) is 77.3 Å². The number of carbonyl (C=O) groups excluding carboxylic acids is 2. The highest BCUT2D eigenvalue weighted by atomic mass is 79.9. The smallest absolute Gasteiger partial charge is 0.261 e. The summed E-state index contributed by atoms with van der Waals surface area (Å²) in [5.74, 6) is 0.781. The quantitative estimate of drug-likeness (QED) is 0.311. The lowest BCUT2D eigenvalue weighted by Gasteiger charge is -2.32. The van der Waals surface area contributed by atoms with Gasteiger partial charge in [-0.2, -0.15) is 0 Å². The summed E-state index contributed by atoms with van der Waals surface area (Å²) < 4.78 is 12.1. The molecule has 3 rings (SSSR count). The summed E-state index contributed by atoms with van der Waals surface area (Å²) in [5, 5.41) is 3.00. The molecule has 0 saturated carbocycles. The molecule has 3 aromatic rings. The molecule has 2 amide bonds. The molecule has 37 heavy (non-hydrogen) atoms. The molecule has 0 radical (unpaired) electrons. The Morgan fingerprint density at radius 2 is 1.68 bits per heavy atom. The van der Waals surface area contributed by atoms with Crippen molar-refractivity contribution >= 4 is 27.7 Å². The minimum absolute atomic E-state index is 0.0659. The van der Waals surface area contributed by atoms with Crippen molar-refractivity contribution in [3.8, 4) is 11.5 Å². The van der Waals surface area contributed by atoms with E-state index in [1.54, 1.807) is 12.0 Å². The van der Waals surface area contributed by atoms with Gasteiger partial charge in [0.15, 0.2) is 6.61 Å². The van der Waals surface area contributed by atoms with E-state index in [0.717, 1.165) is 22.0 Å². The summed E-state index contributed by atoms with van der Waals surface area (Å²) in [5.41, 5.74) is 2.99. The lowest BCUT2D eigenvalue weighted by atomic mass is 10.0. The Labute approximate surface area is 228 Å². The third-order valence-electron chi connectivity index (χ3n) is 5.94. The first-order valence-corrected chi connectivity index (χ1v) is 13.3. The van der Waals surface area contributed by atoms with Gasteiger partial charge >= 0.3 is 0 Å². The van der Waals surface area contributed by atoms with Gasteiger partial charge in [-0.05, 0) is 77.2 Å². The van der Waals surface area contributed by atoms with Crippen LogP contribution in [0.5, 0.6) is 11.5 Å². The van der Waals surface area contributed by atoms with Crippen LogP contribution in [0.2, 0.25) is 0 Å². The molecular formula is C30H35BrN2O4. The molecule has 0 heterocycles. The molecule has 1 atom stereocenters. The zero-order valence-corrected chi connectivity index (χ0v) is 23.5. The summed E-state index contributed by atoms with van der Waals surface area (Å²) in [7, 11) is 1.60. The lowest BCUT2D eigenvalue weighted by molar-refractivity contribution is -0.143. The molecule has 7 heteroatoms. The largest absolute Gasteiger partial charge is 0.497 e. The van der Waals surface area contributed by atoms with E-state index in [2.05, 4.69) is 28.2 Å². The summed E-state index contributed by atoms with van der Waals surface area (Å²) in [4.78, 5) is 28.7. The number of nitrogens with one attached hydrogen (secondary N) is 1. The highest BCUT2D eigenvalue weighted by Gasteiger charge is 2.31. The van der Waals surface area contributed by atoms with E-state index < -0.39 is 6.04 Å². The van der Waals surface area contributed by atoms with Crippen LogP contribution in [-0.4, -0.2) is 42.5 Å². The average Bonchev–Trinajstić information content (AvgIpc) is 2.90. The predicted octanol–water partition coefficient (Wildman–Crippen LogP) is 5.56. The molecule has 0 aliphatic carbocycles. The second-order valence-electron chi connectivity index (χ2n) is 9.15. The van der Waals surface area contributed by atoms with Gasteiger partial charge in [-0.15, -0.1) is 0 Å².